The van der Waals surface area contributed by atoms with Crippen molar-refractivity contribution in [3.63, 3.8) is 0 Å². The number of aliphatic imine (C=N–C) groups is 1. The lowest BCUT2D eigenvalue weighted by molar-refractivity contribution is 0.456. The topological polar surface area (TPSA) is 61.8 Å². The monoisotopic (exact) mass is 431 g/mol. The third-order valence-electron chi connectivity index (χ3n) is 3.11. The first kappa shape index (κ1) is 23.0. The second-order valence-corrected chi connectivity index (χ2v) is 7.24. The van der Waals surface area contributed by atoms with Crippen molar-refractivity contribution in [2.45, 2.75) is 32.6 Å². The second kappa shape index (κ2) is 13.4. The number of hydrogen-bond donors (Lipinski definition) is 1. The highest BCUT2D eigenvalue weighted by atomic mass is 127. The number of guanidine groups is 1. The highest BCUT2D eigenvalue weighted by Gasteiger charge is 2.09. The molecular weight excluding hydrogens is 401 g/mol. The highest BCUT2D eigenvalue weighted by Crippen LogP contribution is 2.01. The van der Waals surface area contributed by atoms with Crippen LogP contribution >= 0.6 is 24.0 Å². The zero-order chi connectivity index (χ0) is 15.4. The van der Waals surface area contributed by atoms with Gasteiger partial charge in [-0.25, -0.2) is 8.42 Å². The summed E-state index contributed by atoms with van der Waals surface area (Å²) in [5, 5.41) is 3.09. The third-order valence-corrected chi connectivity index (χ3v) is 4.82. The van der Waals surface area contributed by atoms with Crippen LogP contribution in [0.15, 0.2) is 17.6 Å². The second-order valence-electron chi connectivity index (χ2n) is 4.77. The van der Waals surface area contributed by atoms with Gasteiger partial charge in [-0.2, -0.15) is 0 Å². The molecule has 0 radical (unpaired) electrons. The molecule has 0 bridgehead atoms. The standard InChI is InChI=1S/C14H29N3O2S.HI/c1-5-7-8-9-10-12-17(4)14(15-3)16-11-13-20(18,19)6-2;/h5H,1,6-13H2,2-4H3,(H,15,16);1H. The van der Waals surface area contributed by atoms with Gasteiger partial charge in [0, 0.05) is 32.9 Å². The summed E-state index contributed by atoms with van der Waals surface area (Å²) in [6.45, 7) is 6.69. The maximum atomic E-state index is 11.4. The van der Waals surface area contributed by atoms with E-state index in [9.17, 15) is 8.42 Å². The molecule has 0 saturated carbocycles. The Morgan fingerprint density at radius 2 is 2.00 bits per heavy atom. The van der Waals surface area contributed by atoms with Gasteiger partial charge in [-0.15, -0.1) is 30.6 Å². The van der Waals surface area contributed by atoms with Crippen LogP contribution in [0.25, 0.3) is 0 Å². The zero-order valence-corrected chi connectivity index (χ0v) is 16.6. The molecule has 0 unspecified atom stereocenters. The Morgan fingerprint density at radius 1 is 1.33 bits per heavy atom. The van der Waals surface area contributed by atoms with Crippen LogP contribution in [0.3, 0.4) is 0 Å². The first-order chi connectivity index (χ1) is 9.46. The number of unbranched alkanes of at least 4 members (excludes halogenated alkanes) is 3. The molecule has 0 saturated heterocycles. The Balaban J connectivity index is 0. The molecule has 0 aliphatic heterocycles. The van der Waals surface area contributed by atoms with Crippen LogP contribution in [-0.2, 0) is 9.84 Å². The lowest BCUT2D eigenvalue weighted by atomic mass is 10.2. The Morgan fingerprint density at radius 3 is 2.52 bits per heavy atom. The van der Waals surface area contributed by atoms with Gasteiger partial charge in [-0.05, 0) is 19.3 Å². The van der Waals surface area contributed by atoms with E-state index in [1.54, 1.807) is 14.0 Å². The molecule has 0 aliphatic carbocycles. The fourth-order valence-corrected chi connectivity index (χ4v) is 2.47. The fraction of sp³-hybridized carbons (Fsp3) is 0.786. The van der Waals surface area contributed by atoms with Gasteiger partial charge in [-0.1, -0.05) is 19.4 Å². The lowest BCUT2D eigenvalue weighted by Crippen LogP contribution is -2.41. The molecule has 0 heterocycles. The molecule has 7 heteroatoms. The molecule has 0 amide bonds. The number of halogens is 1. The maximum Gasteiger partial charge on any atom is 0.193 e. The van der Waals surface area contributed by atoms with Crippen LogP contribution in [0.5, 0.6) is 0 Å². The zero-order valence-electron chi connectivity index (χ0n) is 13.5. The van der Waals surface area contributed by atoms with Crippen molar-refractivity contribution in [2.75, 3.05) is 38.7 Å². The third kappa shape index (κ3) is 12.0. The van der Waals surface area contributed by atoms with Gasteiger partial charge in [0.25, 0.3) is 0 Å². The van der Waals surface area contributed by atoms with Crippen LogP contribution in [0.1, 0.15) is 32.6 Å². The van der Waals surface area contributed by atoms with E-state index in [2.05, 4.69) is 16.9 Å². The lowest BCUT2D eigenvalue weighted by Gasteiger charge is -2.22. The Kier molecular flexibility index (Phi) is 14.6. The largest absolute Gasteiger partial charge is 0.355 e. The van der Waals surface area contributed by atoms with Gasteiger partial charge in [0.05, 0.1) is 5.75 Å². The van der Waals surface area contributed by atoms with Gasteiger partial charge >= 0.3 is 0 Å². The van der Waals surface area contributed by atoms with Crippen molar-refractivity contribution in [3.05, 3.63) is 12.7 Å². The molecule has 0 aliphatic rings. The first-order valence-corrected chi connectivity index (χ1v) is 9.02. The van der Waals surface area contributed by atoms with Crippen LogP contribution in [0.2, 0.25) is 0 Å². The summed E-state index contributed by atoms with van der Waals surface area (Å²) in [6.07, 6.45) is 6.43. The predicted octanol–water partition coefficient (Wildman–Crippen LogP) is 2.29. The number of rotatable bonds is 10. The van der Waals surface area contributed by atoms with Crippen LogP contribution in [0.4, 0.5) is 0 Å². The van der Waals surface area contributed by atoms with Crippen molar-refractivity contribution in [3.8, 4) is 0 Å². The number of sulfone groups is 1. The molecule has 0 fully saturated rings. The van der Waals surface area contributed by atoms with Gasteiger partial charge in [0.2, 0.25) is 0 Å². The van der Waals surface area contributed by atoms with Crippen LogP contribution in [0, 0.1) is 0 Å². The molecular formula is C14H30IN3O2S. The molecule has 0 aromatic rings. The molecule has 1 N–H and O–H groups in total. The minimum absolute atomic E-state index is 0. The van der Waals surface area contributed by atoms with E-state index in [0.29, 0.717) is 6.54 Å². The van der Waals surface area contributed by atoms with Crippen molar-refractivity contribution in [1.82, 2.24) is 10.2 Å². The number of nitrogens with zero attached hydrogens (tertiary/aromatic N) is 2. The maximum absolute atomic E-state index is 11.4. The van der Waals surface area contributed by atoms with Crippen LogP contribution < -0.4 is 5.32 Å². The summed E-state index contributed by atoms with van der Waals surface area (Å²) in [5.74, 6) is 1.09. The summed E-state index contributed by atoms with van der Waals surface area (Å²) in [5.41, 5.74) is 0. The average Bonchev–Trinajstić information content (AvgIpc) is 2.43. The van der Waals surface area contributed by atoms with E-state index >= 15 is 0 Å². The smallest absolute Gasteiger partial charge is 0.193 e. The molecule has 0 atom stereocenters. The Hall–Kier alpha value is -0.310. The first-order valence-electron chi connectivity index (χ1n) is 7.20. The van der Waals surface area contributed by atoms with E-state index in [0.717, 1.165) is 38.2 Å². The summed E-state index contributed by atoms with van der Waals surface area (Å²) in [4.78, 5) is 6.20. The average molecular weight is 431 g/mol. The number of allylic oxidation sites excluding steroid dienone is 1. The molecule has 5 nitrogen and oxygen atoms in total. The molecule has 126 valence electrons. The van der Waals surface area contributed by atoms with Crippen LogP contribution in [-0.4, -0.2) is 58.0 Å². The van der Waals surface area contributed by atoms with E-state index < -0.39 is 9.84 Å². The van der Waals surface area contributed by atoms with Crippen molar-refractivity contribution >= 4 is 39.8 Å². The summed E-state index contributed by atoms with van der Waals surface area (Å²) >= 11 is 0. The van der Waals surface area contributed by atoms with E-state index in [1.165, 1.54) is 0 Å². The molecule has 0 aromatic heterocycles. The van der Waals surface area contributed by atoms with Crippen molar-refractivity contribution < 1.29 is 8.42 Å². The van der Waals surface area contributed by atoms with Gasteiger partial charge in [0.15, 0.2) is 15.8 Å². The summed E-state index contributed by atoms with van der Waals surface area (Å²) < 4.78 is 22.8. The van der Waals surface area contributed by atoms with Gasteiger partial charge in [0.1, 0.15) is 0 Å². The number of hydrogen-bond acceptors (Lipinski definition) is 3. The molecule has 0 aromatic carbocycles. The summed E-state index contributed by atoms with van der Waals surface area (Å²) in [6, 6.07) is 0. The quantitative estimate of drug-likeness (QED) is 0.190. The summed E-state index contributed by atoms with van der Waals surface area (Å²) in [7, 11) is 0.761. The molecule has 21 heavy (non-hydrogen) atoms. The van der Waals surface area contributed by atoms with Gasteiger partial charge in [-0.3, -0.25) is 4.99 Å². The number of nitrogens with one attached hydrogen (secondary N) is 1. The predicted molar refractivity (Wildman–Crippen MR) is 102 cm³/mol. The van der Waals surface area contributed by atoms with E-state index in [-0.39, 0.29) is 35.5 Å². The van der Waals surface area contributed by atoms with Crippen molar-refractivity contribution in [1.29, 1.82) is 0 Å². The molecule has 0 rings (SSSR count). The van der Waals surface area contributed by atoms with Crippen molar-refractivity contribution in [2.24, 2.45) is 4.99 Å². The SMILES string of the molecule is C=CCCCCCN(C)C(=NC)NCCS(=O)(=O)CC.I. The minimum Gasteiger partial charge on any atom is -0.355 e. The van der Waals surface area contributed by atoms with E-state index in [1.807, 2.05) is 18.0 Å². The van der Waals surface area contributed by atoms with E-state index in [4.69, 9.17) is 0 Å². The minimum atomic E-state index is -2.92. The Labute approximate surface area is 147 Å². The fourth-order valence-electron chi connectivity index (χ4n) is 1.77. The normalized spacial score (nSPS) is 11.7. The van der Waals surface area contributed by atoms with Gasteiger partial charge < -0.3 is 10.2 Å². The highest BCUT2D eigenvalue weighted by molar-refractivity contribution is 14.0. The Bertz CT molecular complexity index is 397. The molecule has 0 spiro atoms.